The number of fused-ring (bicyclic) bond motifs is 2. The van der Waals surface area contributed by atoms with Gasteiger partial charge in [0.15, 0.2) is 0 Å². The summed E-state index contributed by atoms with van der Waals surface area (Å²) in [6, 6.07) is 11.4. The SMILES string of the molecule is Cc1cc(N2CCOCC2)cc2oc3ccccc3c(=O)c12. The van der Waals surface area contributed by atoms with E-state index in [0.29, 0.717) is 21.9 Å². The summed E-state index contributed by atoms with van der Waals surface area (Å²) in [6.07, 6.45) is 0. The summed E-state index contributed by atoms with van der Waals surface area (Å²) in [6.45, 7) is 5.17. The first-order chi connectivity index (χ1) is 10.7. The maximum Gasteiger partial charge on any atom is 0.200 e. The number of aryl methyl sites for hydroxylation is 1. The quantitative estimate of drug-likeness (QED) is 0.647. The number of rotatable bonds is 1. The average molecular weight is 295 g/mol. The minimum atomic E-state index is 0.0443. The van der Waals surface area contributed by atoms with Crippen LogP contribution < -0.4 is 10.3 Å². The van der Waals surface area contributed by atoms with Crippen LogP contribution in [0.1, 0.15) is 5.56 Å². The van der Waals surface area contributed by atoms with Gasteiger partial charge in [0.05, 0.1) is 24.0 Å². The number of anilines is 1. The fourth-order valence-electron chi connectivity index (χ4n) is 3.11. The molecule has 1 aliphatic rings. The van der Waals surface area contributed by atoms with E-state index in [9.17, 15) is 4.79 Å². The molecule has 0 bridgehead atoms. The Bertz CT molecular complexity index is 907. The molecular formula is C18H17NO3. The van der Waals surface area contributed by atoms with E-state index in [0.717, 1.165) is 37.6 Å². The Morgan fingerprint density at radius 1 is 1.05 bits per heavy atom. The van der Waals surface area contributed by atoms with Gasteiger partial charge in [-0.25, -0.2) is 0 Å². The fourth-order valence-corrected chi connectivity index (χ4v) is 3.11. The first-order valence-electron chi connectivity index (χ1n) is 7.53. The zero-order chi connectivity index (χ0) is 15.1. The summed E-state index contributed by atoms with van der Waals surface area (Å²) in [5.41, 5.74) is 3.39. The van der Waals surface area contributed by atoms with Gasteiger partial charge in [0, 0.05) is 24.8 Å². The van der Waals surface area contributed by atoms with Gasteiger partial charge in [-0.2, -0.15) is 0 Å². The van der Waals surface area contributed by atoms with Gasteiger partial charge in [0.1, 0.15) is 11.2 Å². The largest absolute Gasteiger partial charge is 0.456 e. The maximum absolute atomic E-state index is 12.7. The van der Waals surface area contributed by atoms with Crippen molar-refractivity contribution >= 4 is 27.6 Å². The lowest BCUT2D eigenvalue weighted by molar-refractivity contribution is 0.122. The molecular weight excluding hydrogens is 278 g/mol. The van der Waals surface area contributed by atoms with Crippen LogP contribution in [0, 0.1) is 6.92 Å². The second kappa shape index (κ2) is 5.14. The van der Waals surface area contributed by atoms with Gasteiger partial charge in [-0.15, -0.1) is 0 Å². The summed E-state index contributed by atoms with van der Waals surface area (Å²) in [5.74, 6) is 0. The van der Waals surface area contributed by atoms with Crippen molar-refractivity contribution in [2.45, 2.75) is 6.92 Å². The molecule has 112 valence electrons. The lowest BCUT2D eigenvalue weighted by atomic mass is 10.1. The summed E-state index contributed by atoms with van der Waals surface area (Å²) < 4.78 is 11.4. The monoisotopic (exact) mass is 295 g/mol. The molecule has 0 atom stereocenters. The Morgan fingerprint density at radius 2 is 1.82 bits per heavy atom. The zero-order valence-corrected chi connectivity index (χ0v) is 12.5. The molecule has 4 rings (SSSR count). The van der Waals surface area contributed by atoms with Crippen LogP contribution in [0.3, 0.4) is 0 Å². The van der Waals surface area contributed by atoms with Crippen molar-refractivity contribution in [3.8, 4) is 0 Å². The van der Waals surface area contributed by atoms with E-state index in [2.05, 4.69) is 11.0 Å². The van der Waals surface area contributed by atoms with Crippen LogP contribution >= 0.6 is 0 Å². The smallest absolute Gasteiger partial charge is 0.200 e. The fraction of sp³-hybridized carbons (Fsp3) is 0.278. The van der Waals surface area contributed by atoms with Gasteiger partial charge in [-0.05, 0) is 30.7 Å². The Morgan fingerprint density at radius 3 is 2.64 bits per heavy atom. The van der Waals surface area contributed by atoms with Gasteiger partial charge >= 0.3 is 0 Å². The van der Waals surface area contributed by atoms with E-state index >= 15 is 0 Å². The van der Waals surface area contributed by atoms with Crippen molar-refractivity contribution in [3.05, 3.63) is 52.2 Å². The molecule has 4 nitrogen and oxygen atoms in total. The number of nitrogens with zero attached hydrogens (tertiary/aromatic N) is 1. The van der Waals surface area contributed by atoms with Crippen molar-refractivity contribution < 1.29 is 9.15 Å². The molecule has 0 unspecified atom stereocenters. The summed E-state index contributed by atoms with van der Waals surface area (Å²) in [4.78, 5) is 15.0. The van der Waals surface area contributed by atoms with Gasteiger partial charge in [0.25, 0.3) is 0 Å². The molecule has 0 N–H and O–H groups in total. The van der Waals surface area contributed by atoms with Crippen LogP contribution in [-0.2, 0) is 4.74 Å². The van der Waals surface area contributed by atoms with E-state index in [1.165, 1.54) is 0 Å². The third kappa shape index (κ3) is 2.07. The number of hydrogen-bond donors (Lipinski definition) is 0. The Balaban J connectivity index is 1.97. The third-order valence-corrected chi connectivity index (χ3v) is 4.24. The number of morpholine rings is 1. The molecule has 0 amide bonds. The Kier molecular flexibility index (Phi) is 3.12. The zero-order valence-electron chi connectivity index (χ0n) is 12.5. The highest BCUT2D eigenvalue weighted by Crippen LogP contribution is 2.27. The van der Waals surface area contributed by atoms with E-state index < -0.39 is 0 Å². The molecule has 1 saturated heterocycles. The highest BCUT2D eigenvalue weighted by atomic mass is 16.5. The minimum absolute atomic E-state index is 0.0443. The number of hydrogen-bond acceptors (Lipinski definition) is 4. The maximum atomic E-state index is 12.7. The standard InChI is InChI=1S/C18H17NO3/c1-12-10-13(19-6-8-21-9-7-19)11-16-17(12)18(20)14-4-2-3-5-15(14)22-16/h2-5,10-11H,6-9H2,1H3. The first-order valence-corrected chi connectivity index (χ1v) is 7.53. The summed E-state index contributed by atoms with van der Waals surface area (Å²) >= 11 is 0. The average Bonchev–Trinajstić information content (AvgIpc) is 2.55. The molecule has 0 saturated carbocycles. The van der Waals surface area contributed by atoms with Crippen LogP contribution in [0.2, 0.25) is 0 Å². The highest BCUT2D eigenvalue weighted by molar-refractivity contribution is 5.93. The van der Waals surface area contributed by atoms with Gasteiger partial charge in [-0.1, -0.05) is 12.1 Å². The molecule has 0 radical (unpaired) electrons. The van der Waals surface area contributed by atoms with Gasteiger partial charge in [0.2, 0.25) is 5.43 Å². The molecule has 0 spiro atoms. The lowest BCUT2D eigenvalue weighted by Crippen LogP contribution is -2.36. The van der Waals surface area contributed by atoms with E-state index in [4.69, 9.17) is 9.15 Å². The second-order valence-electron chi connectivity index (χ2n) is 5.66. The van der Waals surface area contributed by atoms with Crippen molar-refractivity contribution in [3.63, 3.8) is 0 Å². The topological polar surface area (TPSA) is 42.7 Å². The Labute approximate surface area is 127 Å². The van der Waals surface area contributed by atoms with Crippen LogP contribution in [0.25, 0.3) is 21.9 Å². The van der Waals surface area contributed by atoms with Crippen molar-refractivity contribution in [1.82, 2.24) is 0 Å². The number of benzene rings is 2. The third-order valence-electron chi connectivity index (χ3n) is 4.24. The number of ether oxygens (including phenoxy) is 1. The molecule has 4 heteroatoms. The molecule has 1 fully saturated rings. The molecule has 22 heavy (non-hydrogen) atoms. The predicted octanol–water partition coefficient (Wildman–Crippen LogP) is 3.09. The van der Waals surface area contributed by atoms with Gasteiger partial charge in [-0.3, -0.25) is 4.79 Å². The van der Waals surface area contributed by atoms with Crippen LogP contribution in [0.15, 0.2) is 45.6 Å². The molecule has 3 aromatic rings. The van der Waals surface area contributed by atoms with Crippen molar-refractivity contribution in [2.24, 2.45) is 0 Å². The molecule has 1 aromatic heterocycles. The van der Waals surface area contributed by atoms with E-state index in [1.54, 1.807) is 0 Å². The summed E-state index contributed by atoms with van der Waals surface area (Å²) in [5, 5.41) is 1.31. The van der Waals surface area contributed by atoms with Crippen LogP contribution in [-0.4, -0.2) is 26.3 Å². The minimum Gasteiger partial charge on any atom is -0.456 e. The van der Waals surface area contributed by atoms with Crippen LogP contribution in [0.5, 0.6) is 0 Å². The van der Waals surface area contributed by atoms with Crippen LogP contribution in [0.4, 0.5) is 5.69 Å². The molecule has 2 heterocycles. The molecule has 0 aliphatic carbocycles. The van der Waals surface area contributed by atoms with E-state index in [-0.39, 0.29) is 5.43 Å². The van der Waals surface area contributed by atoms with Crippen molar-refractivity contribution in [1.29, 1.82) is 0 Å². The predicted molar refractivity (Wildman–Crippen MR) is 87.8 cm³/mol. The normalized spacial score (nSPS) is 15.6. The molecule has 1 aliphatic heterocycles. The highest BCUT2D eigenvalue weighted by Gasteiger charge is 2.16. The molecule has 2 aromatic carbocycles. The van der Waals surface area contributed by atoms with Crippen molar-refractivity contribution in [2.75, 3.05) is 31.2 Å². The van der Waals surface area contributed by atoms with E-state index in [1.807, 2.05) is 37.3 Å². The van der Waals surface area contributed by atoms with Gasteiger partial charge < -0.3 is 14.1 Å². The lowest BCUT2D eigenvalue weighted by Gasteiger charge is -2.29. The number of para-hydroxylation sites is 1. The second-order valence-corrected chi connectivity index (χ2v) is 5.66. The Hall–Kier alpha value is -2.33. The summed E-state index contributed by atoms with van der Waals surface area (Å²) in [7, 11) is 0. The first kappa shape index (κ1) is 13.3.